The molecule has 7 nitrogen and oxygen atoms in total. The van der Waals surface area contributed by atoms with E-state index in [0.29, 0.717) is 11.8 Å². The molecule has 0 aromatic carbocycles. The van der Waals surface area contributed by atoms with Crippen LogP contribution in [0.5, 0.6) is 0 Å². The molecule has 0 aliphatic carbocycles. The van der Waals surface area contributed by atoms with Crippen LogP contribution < -0.4 is 10.2 Å². The number of aryl methyl sites for hydroxylation is 1. The van der Waals surface area contributed by atoms with Crippen molar-refractivity contribution in [3.8, 4) is 11.4 Å². The topological polar surface area (TPSA) is 71.8 Å². The van der Waals surface area contributed by atoms with Gasteiger partial charge in [-0.1, -0.05) is 0 Å². The second kappa shape index (κ2) is 6.07. The second-order valence-electron chi connectivity index (χ2n) is 5.17. The molecule has 0 atom stereocenters. The fourth-order valence-corrected chi connectivity index (χ4v) is 2.49. The minimum absolute atomic E-state index is 0.602. The van der Waals surface area contributed by atoms with E-state index in [1.54, 1.807) is 6.20 Å². The highest BCUT2D eigenvalue weighted by Crippen LogP contribution is 2.21. The van der Waals surface area contributed by atoms with Crippen LogP contribution >= 0.6 is 0 Å². The van der Waals surface area contributed by atoms with Gasteiger partial charge < -0.3 is 10.2 Å². The monoisotopic (exact) mass is 287 g/mol. The summed E-state index contributed by atoms with van der Waals surface area (Å²) < 4.78 is 1.87. The molecule has 112 valence electrons. The highest BCUT2D eigenvalue weighted by atomic mass is 15.3. The van der Waals surface area contributed by atoms with Crippen LogP contribution in [0.3, 0.4) is 0 Å². The maximum absolute atomic E-state index is 4.63. The first-order valence-electron chi connectivity index (χ1n) is 7.51. The maximum Gasteiger partial charge on any atom is 0.230 e. The summed E-state index contributed by atoms with van der Waals surface area (Å²) in [5, 5.41) is 7.31. The van der Waals surface area contributed by atoms with Crippen molar-refractivity contribution < 1.29 is 0 Å². The lowest BCUT2D eigenvalue weighted by atomic mass is 10.1. The molecule has 0 bridgehead atoms. The average molecular weight is 287 g/mol. The summed E-state index contributed by atoms with van der Waals surface area (Å²) >= 11 is 0. The predicted molar refractivity (Wildman–Crippen MR) is 82.3 cm³/mol. The Labute approximate surface area is 124 Å². The summed E-state index contributed by atoms with van der Waals surface area (Å²) in [6.45, 7) is 4.92. The highest BCUT2D eigenvalue weighted by molar-refractivity contribution is 5.56. The molecule has 0 saturated carbocycles. The van der Waals surface area contributed by atoms with E-state index in [2.05, 4.69) is 37.2 Å². The van der Waals surface area contributed by atoms with Gasteiger partial charge in [0.2, 0.25) is 11.9 Å². The van der Waals surface area contributed by atoms with Crippen molar-refractivity contribution in [2.75, 3.05) is 30.4 Å². The SMILES string of the molecule is CCn1cc(-c2nc(NC)nc(N3CCCCC3)n2)cn1. The Morgan fingerprint density at radius 1 is 1.14 bits per heavy atom. The van der Waals surface area contributed by atoms with Crippen molar-refractivity contribution in [3.05, 3.63) is 12.4 Å². The van der Waals surface area contributed by atoms with Crippen molar-refractivity contribution in [3.63, 3.8) is 0 Å². The number of nitrogens with one attached hydrogen (secondary N) is 1. The van der Waals surface area contributed by atoms with Crippen molar-refractivity contribution >= 4 is 11.9 Å². The van der Waals surface area contributed by atoms with Gasteiger partial charge in [-0.3, -0.25) is 4.68 Å². The zero-order chi connectivity index (χ0) is 14.7. The quantitative estimate of drug-likeness (QED) is 0.924. The van der Waals surface area contributed by atoms with Crippen molar-refractivity contribution in [2.45, 2.75) is 32.7 Å². The minimum Gasteiger partial charge on any atom is -0.357 e. The maximum atomic E-state index is 4.63. The Bertz CT molecular complexity index is 601. The van der Waals surface area contributed by atoms with Gasteiger partial charge in [-0.2, -0.15) is 20.1 Å². The first-order chi connectivity index (χ1) is 10.3. The Morgan fingerprint density at radius 2 is 1.95 bits per heavy atom. The summed E-state index contributed by atoms with van der Waals surface area (Å²) in [6, 6.07) is 0. The zero-order valence-corrected chi connectivity index (χ0v) is 12.6. The minimum atomic E-state index is 0.602. The van der Waals surface area contributed by atoms with E-state index in [4.69, 9.17) is 0 Å². The van der Waals surface area contributed by atoms with Gasteiger partial charge in [0.1, 0.15) is 0 Å². The van der Waals surface area contributed by atoms with E-state index in [1.807, 2.05) is 17.9 Å². The first-order valence-corrected chi connectivity index (χ1v) is 7.51. The molecule has 1 fully saturated rings. The third-order valence-corrected chi connectivity index (χ3v) is 3.70. The Kier molecular flexibility index (Phi) is 3.98. The molecule has 1 aliphatic heterocycles. The van der Waals surface area contributed by atoms with Gasteiger partial charge in [0.25, 0.3) is 0 Å². The number of piperidine rings is 1. The first kappa shape index (κ1) is 13.8. The molecule has 7 heteroatoms. The van der Waals surface area contributed by atoms with Gasteiger partial charge in [-0.15, -0.1) is 0 Å². The molecule has 1 saturated heterocycles. The molecule has 1 N–H and O–H groups in total. The van der Waals surface area contributed by atoms with Crippen LogP contribution in [0, 0.1) is 0 Å². The zero-order valence-electron chi connectivity index (χ0n) is 12.6. The van der Waals surface area contributed by atoms with Crippen LogP contribution in [-0.4, -0.2) is 44.9 Å². The largest absolute Gasteiger partial charge is 0.357 e. The molecule has 3 rings (SSSR count). The summed E-state index contributed by atoms with van der Waals surface area (Å²) in [5.74, 6) is 2.03. The van der Waals surface area contributed by atoms with E-state index in [1.165, 1.54) is 19.3 Å². The molecular formula is C14H21N7. The van der Waals surface area contributed by atoms with Crippen molar-refractivity contribution in [1.82, 2.24) is 24.7 Å². The van der Waals surface area contributed by atoms with E-state index >= 15 is 0 Å². The van der Waals surface area contributed by atoms with Crippen molar-refractivity contribution in [1.29, 1.82) is 0 Å². The van der Waals surface area contributed by atoms with Gasteiger partial charge in [0.05, 0.1) is 11.8 Å². The Hall–Kier alpha value is -2.18. The third-order valence-electron chi connectivity index (χ3n) is 3.70. The summed E-state index contributed by atoms with van der Waals surface area (Å²) in [6.07, 6.45) is 7.46. The Morgan fingerprint density at radius 3 is 2.62 bits per heavy atom. The predicted octanol–water partition coefficient (Wildman–Crippen LogP) is 1.79. The van der Waals surface area contributed by atoms with E-state index < -0.39 is 0 Å². The van der Waals surface area contributed by atoms with Crippen LogP contribution in [-0.2, 0) is 6.54 Å². The summed E-state index contributed by atoms with van der Waals surface area (Å²) in [7, 11) is 1.83. The fraction of sp³-hybridized carbons (Fsp3) is 0.571. The highest BCUT2D eigenvalue weighted by Gasteiger charge is 2.17. The lowest BCUT2D eigenvalue weighted by molar-refractivity contribution is 0.568. The molecule has 21 heavy (non-hydrogen) atoms. The number of hydrogen-bond donors (Lipinski definition) is 1. The molecule has 3 heterocycles. The van der Waals surface area contributed by atoms with Crippen LogP contribution in [0.15, 0.2) is 12.4 Å². The van der Waals surface area contributed by atoms with E-state index in [9.17, 15) is 0 Å². The normalized spacial score (nSPS) is 15.2. The lowest BCUT2D eigenvalue weighted by Gasteiger charge is -2.26. The average Bonchev–Trinajstić information content (AvgIpc) is 3.04. The molecule has 1 aliphatic rings. The number of hydrogen-bond acceptors (Lipinski definition) is 6. The number of aromatic nitrogens is 5. The van der Waals surface area contributed by atoms with Crippen LogP contribution in [0.1, 0.15) is 26.2 Å². The van der Waals surface area contributed by atoms with Crippen LogP contribution in [0.2, 0.25) is 0 Å². The summed E-state index contributed by atoms with van der Waals surface area (Å²) in [4.78, 5) is 15.8. The fourth-order valence-electron chi connectivity index (χ4n) is 2.49. The molecule has 0 amide bonds. The molecule has 0 radical (unpaired) electrons. The van der Waals surface area contributed by atoms with Gasteiger partial charge in [0.15, 0.2) is 5.82 Å². The molecule has 0 unspecified atom stereocenters. The van der Waals surface area contributed by atoms with Gasteiger partial charge in [-0.05, 0) is 26.2 Å². The van der Waals surface area contributed by atoms with E-state index in [0.717, 1.165) is 31.1 Å². The molecular weight excluding hydrogens is 266 g/mol. The van der Waals surface area contributed by atoms with Gasteiger partial charge >= 0.3 is 0 Å². The van der Waals surface area contributed by atoms with Crippen molar-refractivity contribution in [2.24, 2.45) is 0 Å². The third kappa shape index (κ3) is 2.96. The van der Waals surface area contributed by atoms with Gasteiger partial charge in [-0.25, -0.2) is 0 Å². The van der Waals surface area contributed by atoms with Crippen LogP contribution in [0.25, 0.3) is 11.4 Å². The number of nitrogens with zero attached hydrogens (tertiary/aromatic N) is 6. The molecule has 2 aromatic rings. The summed E-state index contributed by atoms with van der Waals surface area (Å²) in [5.41, 5.74) is 0.925. The Balaban J connectivity index is 1.95. The number of rotatable bonds is 4. The molecule has 2 aromatic heterocycles. The van der Waals surface area contributed by atoms with E-state index in [-0.39, 0.29) is 0 Å². The lowest BCUT2D eigenvalue weighted by Crippen LogP contribution is -2.31. The van der Waals surface area contributed by atoms with Gasteiger partial charge in [0, 0.05) is 32.9 Å². The molecule has 0 spiro atoms. The number of anilines is 2. The smallest absolute Gasteiger partial charge is 0.230 e. The second-order valence-corrected chi connectivity index (χ2v) is 5.17. The van der Waals surface area contributed by atoms with Crippen LogP contribution in [0.4, 0.5) is 11.9 Å². The standard InChI is InChI=1S/C14H21N7/c1-3-21-10-11(9-16-21)12-17-13(15-2)19-14(18-12)20-7-5-4-6-8-20/h9-10H,3-8H2,1-2H3,(H,15,17,18,19).